The van der Waals surface area contributed by atoms with Crippen molar-refractivity contribution < 1.29 is 10.0 Å². The van der Waals surface area contributed by atoms with E-state index in [1.165, 1.54) is 0 Å². The molecule has 0 spiro atoms. The van der Waals surface area contributed by atoms with Gasteiger partial charge in [-0.1, -0.05) is 12.1 Å². The summed E-state index contributed by atoms with van der Waals surface area (Å²) in [7, 11) is 0. The molecule has 0 aliphatic heterocycles. The number of oxime groups is 1. The van der Waals surface area contributed by atoms with Gasteiger partial charge in [0.2, 0.25) is 5.91 Å². The fraction of sp³-hybridized carbons (Fsp3) is 0.846. The summed E-state index contributed by atoms with van der Waals surface area (Å²) >= 11 is 0. The molecule has 0 aromatic heterocycles. The number of carbonyl (C=O) groups is 1. The van der Waals surface area contributed by atoms with E-state index in [1.807, 2.05) is 13.8 Å². The van der Waals surface area contributed by atoms with Crippen molar-refractivity contribution in [1.29, 1.82) is 0 Å². The summed E-state index contributed by atoms with van der Waals surface area (Å²) in [4.78, 5) is 14.1. The van der Waals surface area contributed by atoms with Crippen molar-refractivity contribution in [2.45, 2.75) is 52.5 Å². The molecule has 0 unspecified atom stereocenters. The Morgan fingerprint density at radius 2 is 1.94 bits per heavy atom. The van der Waals surface area contributed by atoms with E-state index in [9.17, 15) is 4.79 Å². The first-order valence-corrected chi connectivity index (χ1v) is 6.72. The molecule has 1 aliphatic rings. The van der Waals surface area contributed by atoms with Crippen molar-refractivity contribution in [3.8, 4) is 0 Å². The first-order chi connectivity index (χ1) is 8.45. The molecule has 0 radical (unpaired) electrons. The molecular weight excluding hydrogens is 230 g/mol. The third kappa shape index (κ3) is 3.89. The highest BCUT2D eigenvalue weighted by atomic mass is 16.4. The first-order valence-electron chi connectivity index (χ1n) is 6.72. The maximum atomic E-state index is 12.4. The van der Waals surface area contributed by atoms with Crippen LogP contribution in [0.25, 0.3) is 0 Å². The van der Waals surface area contributed by atoms with Crippen LogP contribution in [0.15, 0.2) is 5.16 Å². The van der Waals surface area contributed by atoms with Crippen LogP contribution in [0.5, 0.6) is 0 Å². The quantitative estimate of drug-likeness (QED) is 0.348. The van der Waals surface area contributed by atoms with Gasteiger partial charge in [0.15, 0.2) is 5.84 Å². The number of rotatable bonds is 4. The Kier molecular flexibility index (Phi) is 5.44. The summed E-state index contributed by atoms with van der Waals surface area (Å²) in [5, 5.41) is 11.6. The van der Waals surface area contributed by atoms with Crippen molar-refractivity contribution in [2.75, 3.05) is 6.54 Å². The fourth-order valence-corrected chi connectivity index (χ4v) is 2.46. The van der Waals surface area contributed by atoms with E-state index < -0.39 is 0 Å². The topological polar surface area (TPSA) is 78.9 Å². The second kappa shape index (κ2) is 6.61. The minimum atomic E-state index is 0.0668. The Morgan fingerprint density at radius 3 is 2.39 bits per heavy atom. The predicted octanol–water partition coefficient (Wildman–Crippen LogP) is 1.80. The van der Waals surface area contributed by atoms with Crippen molar-refractivity contribution in [3.63, 3.8) is 0 Å². The number of amidine groups is 1. The highest BCUT2D eigenvalue weighted by molar-refractivity contribution is 5.88. The van der Waals surface area contributed by atoms with E-state index in [0.29, 0.717) is 0 Å². The Balaban J connectivity index is 2.65. The van der Waals surface area contributed by atoms with Crippen molar-refractivity contribution in [3.05, 3.63) is 0 Å². The number of hydrogen-bond acceptors (Lipinski definition) is 3. The lowest BCUT2D eigenvalue weighted by Gasteiger charge is -2.33. The molecule has 1 saturated carbocycles. The van der Waals surface area contributed by atoms with Crippen molar-refractivity contribution >= 4 is 11.7 Å². The number of nitrogens with zero attached hydrogens (tertiary/aromatic N) is 2. The SMILES string of the molecule is CC1CCC(C(=O)N(CC(N)=NO)C(C)C)CC1. The van der Waals surface area contributed by atoms with Gasteiger partial charge in [-0.3, -0.25) is 4.79 Å². The third-order valence-electron chi connectivity index (χ3n) is 3.73. The zero-order valence-electron chi connectivity index (χ0n) is 11.6. The Labute approximate surface area is 109 Å². The normalized spacial score (nSPS) is 25.2. The first kappa shape index (κ1) is 14.8. The van der Waals surface area contributed by atoms with Crippen LogP contribution in [-0.2, 0) is 4.79 Å². The maximum absolute atomic E-state index is 12.4. The molecule has 0 atom stereocenters. The van der Waals surface area contributed by atoms with Crippen LogP contribution in [0.2, 0.25) is 0 Å². The average Bonchev–Trinajstić information content (AvgIpc) is 2.35. The molecule has 1 amide bonds. The molecule has 104 valence electrons. The highest BCUT2D eigenvalue weighted by Gasteiger charge is 2.29. The lowest BCUT2D eigenvalue weighted by Crippen LogP contribution is -2.46. The summed E-state index contributed by atoms with van der Waals surface area (Å²) in [6.45, 7) is 6.35. The molecule has 1 fully saturated rings. The van der Waals surface area contributed by atoms with E-state index in [1.54, 1.807) is 4.90 Å². The van der Waals surface area contributed by atoms with Gasteiger partial charge in [0, 0.05) is 12.0 Å². The molecule has 1 aliphatic carbocycles. The van der Waals surface area contributed by atoms with Crippen LogP contribution in [0.1, 0.15) is 46.5 Å². The number of nitrogens with two attached hydrogens (primary N) is 1. The lowest BCUT2D eigenvalue weighted by atomic mass is 9.82. The van der Waals surface area contributed by atoms with Crippen LogP contribution >= 0.6 is 0 Å². The van der Waals surface area contributed by atoms with E-state index >= 15 is 0 Å². The van der Waals surface area contributed by atoms with Gasteiger partial charge >= 0.3 is 0 Å². The molecule has 1 rings (SSSR count). The lowest BCUT2D eigenvalue weighted by molar-refractivity contribution is -0.137. The number of hydrogen-bond donors (Lipinski definition) is 2. The molecular formula is C13H25N3O2. The van der Waals surface area contributed by atoms with Crippen LogP contribution in [0.3, 0.4) is 0 Å². The highest BCUT2D eigenvalue weighted by Crippen LogP contribution is 2.29. The van der Waals surface area contributed by atoms with Crippen LogP contribution in [0, 0.1) is 11.8 Å². The third-order valence-corrected chi connectivity index (χ3v) is 3.73. The van der Waals surface area contributed by atoms with E-state index in [4.69, 9.17) is 10.9 Å². The standard InChI is InChI=1S/C13H25N3O2/c1-9(2)16(8-12(14)15-18)13(17)11-6-4-10(3)5-7-11/h9-11,18H,4-8H2,1-3H3,(H2,14,15). The zero-order valence-corrected chi connectivity index (χ0v) is 11.6. The van der Waals surface area contributed by atoms with Gasteiger partial charge in [0.05, 0.1) is 6.54 Å². The molecule has 0 bridgehead atoms. The molecule has 18 heavy (non-hydrogen) atoms. The number of carbonyl (C=O) groups excluding carboxylic acids is 1. The molecule has 5 nitrogen and oxygen atoms in total. The Bertz CT molecular complexity index is 307. The van der Waals surface area contributed by atoms with Gasteiger partial charge in [-0.2, -0.15) is 0 Å². The van der Waals surface area contributed by atoms with E-state index in [0.717, 1.165) is 31.6 Å². The average molecular weight is 255 g/mol. The summed E-state index contributed by atoms with van der Waals surface area (Å²) in [5.41, 5.74) is 5.51. The number of amides is 1. The second-order valence-electron chi connectivity index (χ2n) is 5.61. The maximum Gasteiger partial charge on any atom is 0.226 e. The van der Waals surface area contributed by atoms with Gasteiger partial charge < -0.3 is 15.8 Å². The predicted molar refractivity (Wildman–Crippen MR) is 71.4 cm³/mol. The van der Waals surface area contributed by atoms with Gasteiger partial charge in [-0.15, -0.1) is 0 Å². The largest absolute Gasteiger partial charge is 0.409 e. The molecule has 0 aromatic rings. The fourth-order valence-electron chi connectivity index (χ4n) is 2.46. The summed E-state index contributed by atoms with van der Waals surface area (Å²) < 4.78 is 0. The Hall–Kier alpha value is -1.26. The van der Waals surface area contributed by atoms with Crippen LogP contribution < -0.4 is 5.73 Å². The summed E-state index contributed by atoms with van der Waals surface area (Å²) in [6, 6.07) is 0.0668. The minimum Gasteiger partial charge on any atom is -0.409 e. The molecule has 0 aromatic carbocycles. The van der Waals surface area contributed by atoms with Gasteiger partial charge in [0.25, 0.3) is 0 Å². The zero-order chi connectivity index (χ0) is 13.7. The van der Waals surface area contributed by atoms with Gasteiger partial charge in [0.1, 0.15) is 0 Å². The summed E-state index contributed by atoms with van der Waals surface area (Å²) in [5.74, 6) is 1.06. The van der Waals surface area contributed by atoms with Gasteiger partial charge in [-0.25, -0.2) is 0 Å². The van der Waals surface area contributed by atoms with Crippen molar-refractivity contribution in [2.24, 2.45) is 22.7 Å². The Morgan fingerprint density at radius 1 is 1.39 bits per heavy atom. The monoisotopic (exact) mass is 255 g/mol. The van der Waals surface area contributed by atoms with Crippen LogP contribution in [-0.4, -0.2) is 34.4 Å². The molecule has 3 N–H and O–H groups in total. The molecule has 0 saturated heterocycles. The molecule has 5 heteroatoms. The van der Waals surface area contributed by atoms with Crippen LogP contribution in [0.4, 0.5) is 0 Å². The molecule has 0 heterocycles. The smallest absolute Gasteiger partial charge is 0.226 e. The van der Waals surface area contributed by atoms with Gasteiger partial charge in [-0.05, 0) is 45.4 Å². The van der Waals surface area contributed by atoms with E-state index in [2.05, 4.69) is 12.1 Å². The van der Waals surface area contributed by atoms with E-state index in [-0.39, 0.29) is 30.2 Å². The summed E-state index contributed by atoms with van der Waals surface area (Å²) in [6.07, 6.45) is 4.15. The second-order valence-corrected chi connectivity index (χ2v) is 5.61. The van der Waals surface area contributed by atoms with Crippen molar-refractivity contribution in [1.82, 2.24) is 4.90 Å². The minimum absolute atomic E-state index is 0.0668.